The first-order valence-corrected chi connectivity index (χ1v) is 24.2. The second-order valence-electron chi connectivity index (χ2n) is 12.0. The fourth-order valence-corrected chi connectivity index (χ4v) is 14.3. The molecule has 0 aliphatic rings. The van der Waals surface area contributed by atoms with Crippen LogP contribution in [-0.2, 0) is 9.59 Å². The summed E-state index contributed by atoms with van der Waals surface area (Å²) in [7, 11) is 0. The van der Waals surface area contributed by atoms with Crippen molar-refractivity contribution in [3.63, 3.8) is 0 Å². The smallest absolute Gasteiger partial charge is 4.00 e. The monoisotopic (exact) mass is 809 g/mol. The van der Waals surface area contributed by atoms with Crippen molar-refractivity contribution in [2.45, 2.75) is 215 Å². The van der Waals surface area contributed by atoms with Crippen molar-refractivity contribution in [1.82, 2.24) is 0 Å². The fraction of sp³-hybridized carbons (Fsp3) is 0.944. The molecule has 0 saturated carbocycles. The third kappa shape index (κ3) is 53.1. The van der Waals surface area contributed by atoms with Crippen molar-refractivity contribution in [3.8, 4) is 0 Å². The van der Waals surface area contributed by atoms with Crippen molar-refractivity contribution in [1.29, 1.82) is 0 Å². The topological polar surface area (TPSA) is 80.3 Å². The Morgan fingerprint density at radius 2 is 0.595 bits per heavy atom. The summed E-state index contributed by atoms with van der Waals surface area (Å²) in [6.45, 7) is 11.4. The molecule has 0 amide bonds. The molecule has 0 aliphatic heterocycles. The maximum absolute atomic E-state index is 10.1. The first-order valence-electron chi connectivity index (χ1n) is 18.1. The third-order valence-electron chi connectivity index (χ3n) is 7.62. The van der Waals surface area contributed by atoms with Gasteiger partial charge in [-0.1, -0.05) is 117 Å². The Morgan fingerprint density at radius 3 is 0.810 bits per heavy atom. The zero-order valence-corrected chi connectivity index (χ0v) is 34.8. The Labute approximate surface area is 288 Å². The number of hydrogen-bond acceptors (Lipinski definition) is 4. The molecule has 0 bridgehead atoms. The van der Waals surface area contributed by atoms with E-state index in [4.69, 9.17) is 0 Å². The minimum absolute atomic E-state index is 0. The molecule has 0 saturated heterocycles. The van der Waals surface area contributed by atoms with E-state index in [1.807, 2.05) is 0 Å². The van der Waals surface area contributed by atoms with Gasteiger partial charge in [-0.15, -0.1) is 0 Å². The van der Waals surface area contributed by atoms with Crippen LogP contribution in [0.25, 0.3) is 0 Å². The summed E-state index contributed by atoms with van der Waals surface area (Å²) in [5, 5.41) is 20.2. The molecule has 0 fully saturated rings. The van der Waals surface area contributed by atoms with Crippen LogP contribution in [0.15, 0.2) is 0 Å². The van der Waals surface area contributed by atoms with Crippen LogP contribution in [0.1, 0.15) is 202 Å². The predicted molar refractivity (Wildman–Crippen MR) is 184 cm³/mol. The van der Waals surface area contributed by atoms with Gasteiger partial charge in [0.2, 0.25) is 0 Å². The molecular formula is C36H73O4Sn2+3. The maximum atomic E-state index is 10.1. The normalized spacial score (nSPS) is 10.1. The minimum Gasteiger partial charge on any atom is 4.00 e. The van der Waals surface area contributed by atoms with Crippen LogP contribution in [-0.4, -0.2) is 55.6 Å². The van der Waals surface area contributed by atoms with Gasteiger partial charge in [0.15, 0.2) is 0 Å². The number of carboxylic acid groups (broad SMARTS) is 2. The van der Waals surface area contributed by atoms with Gasteiger partial charge in [0, 0.05) is 11.9 Å². The molecule has 0 radical (unpaired) electrons. The molecule has 42 heavy (non-hydrogen) atoms. The van der Waals surface area contributed by atoms with E-state index in [0.29, 0.717) is 0 Å². The van der Waals surface area contributed by atoms with Crippen LogP contribution in [0.2, 0.25) is 13.3 Å². The van der Waals surface area contributed by atoms with Gasteiger partial charge in [-0.2, -0.15) is 0 Å². The first kappa shape index (κ1) is 49.4. The van der Waals surface area contributed by atoms with Gasteiger partial charge in [0.25, 0.3) is 0 Å². The van der Waals surface area contributed by atoms with Crippen molar-refractivity contribution in [2.24, 2.45) is 0 Å². The third-order valence-corrected chi connectivity index (χ3v) is 16.7. The molecule has 0 spiro atoms. The summed E-state index contributed by atoms with van der Waals surface area (Å²) in [4.78, 5) is 20.2. The Hall–Kier alpha value is 0.537. The Balaban J connectivity index is -0.000000255. The van der Waals surface area contributed by atoms with Crippen molar-refractivity contribution >= 4 is 55.6 Å². The van der Waals surface area contributed by atoms with Gasteiger partial charge in [0.05, 0.1) is 0 Å². The van der Waals surface area contributed by atoms with E-state index < -0.39 is 31.7 Å². The van der Waals surface area contributed by atoms with E-state index in [1.54, 1.807) is 13.3 Å². The average molecular weight is 807 g/mol. The molecular weight excluding hydrogens is 734 g/mol. The second-order valence-corrected chi connectivity index (χ2v) is 20.5. The first-order chi connectivity index (χ1) is 19.9. The summed E-state index contributed by atoms with van der Waals surface area (Å²) < 4.78 is 5.04. The zero-order chi connectivity index (χ0) is 31.2. The number of unbranched alkanes of at least 4 members (excludes halogenated alkanes) is 19. The molecule has 0 aromatic rings. The summed E-state index contributed by atoms with van der Waals surface area (Å²) in [5.74, 6) is -1.82. The van der Waals surface area contributed by atoms with Crippen LogP contribution in [0, 0.1) is 0 Å². The van der Waals surface area contributed by atoms with Gasteiger partial charge in [-0.05, 0) is 25.7 Å². The van der Waals surface area contributed by atoms with Crippen LogP contribution in [0.4, 0.5) is 0 Å². The molecule has 4 nitrogen and oxygen atoms in total. The molecule has 0 aliphatic carbocycles. The maximum Gasteiger partial charge on any atom is 4.00 e. The predicted octanol–water partition coefficient (Wildman–Crippen LogP) is 9.82. The van der Waals surface area contributed by atoms with Crippen LogP contribution >= 0.6 is 0 Å². The van der Waals surface area contributed by atoms with E-state index in [2.05, 4.69) is 34.6 Å². The van der Waals surface area contributed by atoms with Gasteiger partial charge in [-0.3, -0.25) is 0 Å². The SMILES string of the molecule is CCCCCCCCCCCC(=O)[O-].CCCCCCCCCCCC(=O)[O-].CCC[CH2][Sn+]([CH2]CCC)[CH2]CCC.[Sn+4]. The van der Waals surface area contributed by atoms with E-state index in [1.165, 1.54) is 128 Å². The van der Waals surface area contributed by atoms with Gasteiger partial charge in [-0.25, -0.2) is 0 Å². The number of aliphatic carboxylic acids is 2. The molecule has 0 rings (SSSR count). The van der Waals surface area contributed by atoms with Crippen molar-refractivity contribution < 1.29 is 19.8 Å². The fourth-order valence-electron chi connectivity index (χ4n) is 4.82. The van der Waals surface area contributed by atoms with Gasteiger partial charge in [0.1, 0.15) is 0 Å². The molecule has 0 unspecified atom stereocenters. The molecule has 0 aromatic carbocycles. The largest absolute Gasteiger partial charge is 4.00 e. The molecule has 246 valence electrons. The number of carbonyl (C=O) groups is 2. The molecule has 6 heteroatoms. The van der Waals surface area contributed by atoms with E-state index in [0.717, 1.165) is 25.7 Å². The molecule has 0 heterocycles. The van der Waals surface area contributed by atoms with E-state index in [-0.39, 0.29) is 36.7 Å². The van der Waals surface area contributed by atoms with Crippen LogP contribution < -0.4 is 10.2 Å². The Bertz CT molecular complexity index is 452. The quantitative estimate of drug-likeness (QED) is 0.0557. The van der Waals surface area contributed by atoms with Crippen LogP contribution in [0.5, 0.6) is 0 Å². The summed E-state index contributed by atoms with van der Waals surface area (Å²) in [5.41, 5.74) is 0. The average Bonchev–Trinajstić information content (AvgIpc) is 2.95. The number of carbonyl (C=O) groups excluding carboxylic acids is 2. The number of rotatable bonds is 29. The Morgan fingerprint density at radius 1 is 0.381 bits per heavy atom. The van der Waals surface area contributed by atoms with Gasteiger partial charge >= 0.3 is 116 Å². The number of hydrogen-bond donors (Lipinski definition) is 0. The minimum atomic E-state index is -0.909. The van der Waals surface area contributed by atoms with E-state index in [9.17, 15) is 19.8 Å². The van der Waals surface area contributed by atoms with Crippen molar-refractivity contribution in [3.05, 3.63) is 0 Å². The standard InChI is InChI=1S/2C12H24O2.3C4H9.2Sn/c2*1-2-3-4-5-6-7-8-9-10-11-12(13)14;3*1-3-4-2;;/h2*2-11H2,1H3,(H,13,14);3*1,3-4H2,2H3;;/q;;;;;+1;+4/p-2. The zero-order valence-electron chi connectivity index (χ0n) is 29.1. The van der Waals surface area contributed by atoms with E-state index >= 15 is 0 Å². The summed E-state index contributed by atoms with van der Waals surface area (Å²) in [6, 6.07) is 0. The molecule has 0 aromatic heterocycles. The second kappa shape index (κ2) is 46.0. The Kier molecular flexibility index (Phi) is 54.1. The molecule has 0 N–H and O–H groups in total. The number of carboxylic acids is 2. The van der Waals surface area contributed by atoms with Crippen molar-refractivity contribution in [2.75, 3.05) is 0 Å². The summed E-state index contributed by atoms with van der Waals surface area (Å²) >= 11 is -0.839. The van der Waals surface area contributed by atoms with Gasteiger partial charge < -0.3 is 19.8 Å². The van der Waals surface area contributed by atoms with Crippen LogP contribution in [0.3, 0.4) is 0 Å². The summed E-state index contributed by atoms with van der Waals surface area (Å²) in [6.07, 6.45) is 31.2. The molecule has 0 atom stereocenters.